The largest absolute Gasteiger partial charge is 0.475 e. The van der Waals surface area contributed by atoms with E-state index < -0.39 is 32.9 Å². The number of carboxylic acid groups (broad SMARTS) is 1. The zero-order valence-electron chi connectivity index (χ0n) is 8.95. The van der Waals surface area contributed by atoms with Gasteiger partial charge in [0, 0.05) is 6.54 Å². The summed E-state index contributed by atoms with van der Waals surface area (Å²) < 4.78 is 34.0. The molecule has 4 N–H and O–H groups in total. The summed E-state index contributed by atoms with van der Waals surface area (Å²) in [5.74, 6) is -1.88. The summed E-state index contributed by atoms with van der Waals surface area (Å²) in [6.45, 7) is -0.463. The van der Waals surface area contributed by atoms with Crippen LogP contribution < -0.4 is 10.5 Å². The first kappa shape index (κ1) is 14.0. The molecule has 0 saturated heterocycles. The lowest BCUT2D eigenvalue weighted by Gasteiger charge is -2.03. The van der Waals surface area contributed by atoms with Crippen LogP contribution in [0, 0.1) is 0 Å². The van der Waals surface area contributed by atoms with Crippen LogP contribution in [0.2, 0.25) is 0 Å². The molecule has 0 aliphatic carbocycles. The Morgan fingerprint density at radius 1 is 1.44 bits per heavy atom. The van der Waals surface area contributed by atoms with E-state index in [0.29, 0.717) is 0 Å². The number of ether oxygens (including phenoxy) is 1. The molecule has 1 rings (SSSR count). The molecule has 0 fully saturated rings. The fraction of sp³-hybridized carbons (Fsp3) is 0.250. The molecule has 0 bridgehead atoms. The summed E-state index contributed by atoms with van der Waals surface area (Å²) >= 11 is 0. The highest BCUT2D eigenvalue weighted by Crippen LogP contribution is 2.13. The van der Waals surface area contributed by atoms with Crippen LogP contribution in [0.3, 0.4) is 0 Å². The highest BCUT2D eigenvalue weighted by Gasteiger charge is 2.20. The average molecular weight is 278 g/mol. The van der Waals surface area contributed by atoms with Gasteiger partial charge in [-0.2, -0.15) is 0 Å². The van der Waals surface area contributed by atoms with Crippen molar-refractivity contribution >= 4 is 22.1 Å². The van der Waals surface area contributed by atoms with Crippen molar-refractivity contribution in [1.82, 2.24) is 4.72 Å². The van der Waals surface area contributed by atoms with Gasteiger partial charge in [0.15, 0.2) is 0 Å². The van der Waals surface area contributed by atoms with Crippen molar-refractivity contribution in [2.24, 2.45) is 5.73 Å². The Kier molecular flexibility index (Phi) is 4.28. The van der Waals surface area contributed by atoms with Crippen molar-refractivity contribution in [2.75, 3.05) is 13.2 Å². The Morgan fingerprint density at radius 3 is 2.61 bits per heavy atom. The normalized spacial score (nSPS) is 11.1. The van der Waals surface area contributed by atoms with Crippen LogP contribution in [-0.4, -0.2) is 38.7 Å². The Balaban J connectivity index is 2.62. The van der Waals surface area contributed by atoms with Gasteiger partial charge in [-0.15, -0.1) is 0 Å². The molecule has 0 radical (unpaired) electrons. The number of primary amides is 1. The minimum atomic E-state index is -3.98. The lowest BCUT2D eigenvalue weighted by molar-refractivity contribution is 0.0656. The number of furan rings is 1. The van der Waals surface area contributed by atoms with Gasteiger partial charge in [0.1, 0.15) is 6.61 Å². The molecule has 9 nitrogen and oxygen atoms in total. The topological polar surface area (TPSA) is 149 Å². The molecule has 0 aliphatic rings. The van der Waals surface area contributed by atoms with Crippen LogP contribution in [0.1, 0.15) is 10.6 Å². The highest BCUT2D eigenvalue weighted by molar-refractivity contribution is 7.89. The number of carboxylic acids is 1. The monoisotopic (exact) mass is 278 g/mol. The molecule has 0 saturated carbocycles. The molecule has 1 heterocycles. The van der Waals surface area contributed by atoms with E-state index in [9.17, 15) is 18.0 Å². The molecule has 1 aromatic heterocycles. The summed E-state index contributed by atoms with van der Waals surface area (Å²) in [7, 11) is -3.98. The van der Waals surface area contributed by atoms with E-state index in [1.807, 2.05) is 4.72 Å². The summed E-state index contributed by atoms with van der Waals surface area (Å²) in [4.78, 5) is 20.7. The van der Waals surface area contributed by atoms with Crippen LogP contribution >= 0.6 is 0 Å². The molecule has 1 amide bonds. The fourth-order valence-corrected chi connectivity index (χ4v) is 1.92. The number of amides is 1. The van der Waals surface area contributed by atoms with Crippen molar-refractivity contribution in [1.29, 1.82) is 0 Å². The SMILES string of the molecule is NC(=O)OCCNS(=O)(=O)c1ccc(C(=O)O)o1. The second kappa shape index (κ2) is 5.51. The van der Waals surface area contributed by atoms with Crippen LogP contribution in [-0.2, 0) is 14.8 Å². The summed E-state index contributed by atoms with van der Waals surface area (Å²) in [6.07, 6.45) is -1.03. The molecule has 10 heteroatoms. The fourth-order valence-electron chi connectivity index (χ4n) is 0.978. The first-order valence-corrected chi connectivity index (χ1v) is 6.06. The third-order valence-corrected chi connectivity index (χ3v) is 3.03. The van der Waals surface area contributed by atoms with Crippen LogP contribution in [0.5, 0.6) is 0 Å². The highest BCUT2D eigenvalue weighted by atomic mass is 32.2. The van der Waals surface area contributed by atoms with Crippen molar-refractivity contribution in [3.8, 4) is 0 Å². The molecule has 0 spiro atoms. The maximum absolute atomic E-state index is 11.5. The molecule has 100 valence electrons. The van der Waals surface area contributed by atoms with Crippen molar-refractivity contribution in [3.63, 3.8) is 0 Å². The van der Waals surface area contributed by atoms with E-state index in [2.05, 4.69) is 14.9 Å². The van der Waals surface area contributed by atoms with E-state index in [-0.39, 0.29) is 13.2 Å². The summed E-state index contributed by atoms with van der Waals surface area (Å²) in [6, 6.07) is 2.01. The summed E-state index contributed by atoms with van der Waals surface area (Å²) in [5, 5.41) is 8.02. The molecule has 0 unspecified atom stereocenters. The quantitative estimate of drug-likeness (QED) is 0.585. The van der Waals surface area contributed by atoms with Gasteiger partial charge in [-0.1, -0.05) is 0 Å². The van der Waals surface area contributed by atoms with E-state index >= 15 is 0 Å². The number of nitrogens with one attached hydrogen (secondary N) is 1. The van der Waals surface area contributed by atoms with Gasteiger partial charge >= 0.3 is 12.1 Å². The Hall–Kier alpha value is -2.07. The van der Waals surface area contributed by atoms with Gasteiger partial charge in [0.25, 0.3) is 10.0 Å². The molecule has 18 heavy (non-hydrogen) atoms. The first-order chi connectivity index (χ1) is 8.33. The first-order valence-electron chi connectivity index (χ1n) is 4.58. The molecular formula is C8H10N2O7S. The average Bonchev–Trinajstić information content (AvgIpc) is 2.74. The van der Waals surface area contributed by atoms with Crippen molar-refractivity contribution < 1.29 is 32.3 Å². The molecule has 0 aromatic carbocycles. The maximum atomic E-state index is 11.5. The smallest absolute Gasteiger partial charge is 0.404 e. The Labute approximate surface area is 102 Å². The van der Waals surface area contributed by atoms with Gasteiger partial charge in [-0.3, -0.25) is 0 Å². The van der Waals surface area contributed by atoms with Crippen molar-refractivity contribution in [3.05, 3.63) is 17.9 Å². The standard InChI is InChI=1S/C8H10N2O7S/c9-8(13)16-4-3-10-18(14,15)6-2-1-5(17-6)7(11)12/h1-2,10H,3-4H2,(H2,9,13)(H,11,12). The van der Waals surface area contributed by atoms with E-state index in [1.165, 1.54) is 0 Å². The lowest BCUT2D eigenvalue weighted by Crippen LogP contribution is -2.28. The van der Waals surface area contributed by atoms with Gasteiger partial charge in [0.05, 0.1) is 0 Å². The number of sulfonamides is 1. The maximum Gasteiger partial charge on any atom is 0.404 e. The third-order valence-electron chi connectivity index (χ3n) is 1.70. The van der Waals surface area contributed by atoms with Gasteiger partial charge in [0.2, 0.25) is 10.9 Å². The second-order valence-corrected chi connectivity index (χ2v) is 4.69. The molecule has 1 aromatic rings. The number of hydrogen-bond acceptors (Lipinski definition) is 6. The van der Waals surface area contributed by atoms with Crippen molar-refractivity contribution in [2.45, 2.75) is 5.09 Å². The van der Waals surface area contributed by atoms with Gasteiger partial charge in [-0.05, 0) is 12.1 Å². The molecule has 0 atom stereocenters. The number of aromatic carboxylic acids is 1. The predicted molar refractivity (Wildman–Crippen MR) is 56.4 cm³/mol. The summed E-state index contributed by atoms with van der Waals surface area (Å²) in [5.41, 5.74) is 4.67. The van der Waals surface area contributed by atoms with E-state index in [4.69, 9.17) is 5.11 Å². The minimum Gasteiger partial charge on any atom is -0.475 e. The minimum absolute atomic E-state index is 0.214. The van der Waals surface area contributed by atoms with Crippen LogP contribution in [0.15, 0.2) is 21.6 Å². The zero-order valence-corrected chi connectivity index (χ0v) is 9.77. The number of carbonyl (C=O) groups is 2. The Morgan fingerprint density at radius 2 is 2.11 bits per heavy atom. The number of nitrogens with two attached hydrogens (primary N) is 1. The Bertz CT molecular complexity index is 548. The lowest BCUT2D eigenvalue weighted by atomic mass is 10.5. The number of hydrogen-bond donors (Lipinski definition) is 3. The second-order valence-electron chi connectivity index (χ2n) is 2.99. The van der Waals surface area contributed by atoms with Gasteiger partial charge < -0.3 is 20.0 Å². The van der Waals surface area contributed by atoms with Crippen LogP contribution in [0.25, 0.3) is 0 Å². The van der Waals surface area contributed by atoms with E-state index in [0.717, 1.165) is 12.1 Å². The van der Waals surface area contributed by atoms with Crippen LogP contribution in [0.4, 0.5) is 4.79 Å². The van der Waals surface area contributed by atoms with E-state index in [1.54, 1.807) is 0 Å². The third kappa shape index (κ3) is 3.75. The van der Waals surface area contributed by atoms with Gasteiger partial charge in [-0.25, -0.2) is 22.7 Å². The zero-order chi connectivity index (χ0) is 13.8. The predicted octanol–water partition coefficient (Wildman–Crippen LogP) is -0.649. The molecule has 0 aliphatic heterocycles. The number of carbonyl (C=O) groups excluding carboxylic acids is 1. The molecular weight excluding hydrogens is 268 g/mol. The number of rotatable bonds is 6.